The Kier molecular flexibility index (Phi) is 5.28. The van der Waals surface area contributed by atoms with Gasteiger partial charge in [-0.25, -0.2) is 4.39 Å². The molecule has 4 saturated heterocycles. The number of nitrogens with one attached hydrogen (secondary N) is 1. The molecule has 4 bridgehead atoms. The van der Waals surface area contributed by atoms with Crippen LogP contribution in [0.4, 0.5) is 10.2 Å². The highest BCUT2D eigenvalue weighted by Gasteiger charge is 2.41. The molecule has 2 aromatic carbocycles. The first-order chi connectivity index (χ1) is 19.5. The molecular weight excluding hydrogens is 507 g/mol. The number of rotatable bonds is 4. The lowest BCUT2D eigenvalue weighted by Crippen LogP contribution is -2.44. The maximum Gasteiger partial charge on any atom is 0.219 e. The third kappa shape index (κ3) is 3.59. The number of terminal acetylenes is 1. The van der Waals surface area contributed by atoms with Gasteiger partial charge in [-0.2, -0.15) is 14.6 Å². The molecule has 0 radical (unpaired) electrons. The van der Waals surface area contributed by atoms with Gasteiger partial charge >= 0.3 is 0 Å². The second-order valence-corrected chi connectivity index (χ2v) is 11.8. The van der Waals surface area contributed by atoms with Gasteiger partial charge in [-0.05, 0) is 68.3 Å². The summed E-state index contributed by atoms with van der Waals surface area (Å²) in [6.45, 7) is 1.82. The smallest absolute Gasteiger partial charge is 0.219 e. The molecule has 8 rings (SSSR count). The Morgan fingerprint density at radius 1 is 1.10 bits per heavy atom. The summed E-state index contributed by atoms with van der Waals surface area (Å²) in [6, 6.07) is 10.1. The van der Waals surface area contributed by atoms with Crippen LogP contribution in [0.15, 0.2) is 36.5 Å². The number of piperazine rings is 1. The van der Waals surface area contributed by atoms with E-state index in [1.165, 1.54) is 18.9 Å². The zero-order valence-corrected chi connectivity index (χ0v) is 22.3. The summed E-state index contributed by atoms with van der Waals surface area (Å²) in [4.78, 5) is 9.89. The third-order valence-electron chi connectivity index (χ3n) is 9.61. The van der Waals surface area contributed by atoms with E-state index in [-0.39, 0.29) is 17.4 Å². The summed E-state index contributed by atoms with van der Waals surface area (Å²) >= 11 is 0. The molecule has 8 nitrogen and oxygen atoms in total. The molecule has 4 aromatic rings. The number of phenols is 1. The number of hydrogen-bond acceptors (Lipinski definition) is 7. The zero-order chi connectivity index (χ0) is 27.1. The van der Waals surface area contributed by atoms with Crippen LogP contribution in [-0.4, -0.2) is 75.0 Å². The molecular formula is C31H31FN6O2. The predicted octanol–water partition coefficient (Wildman–Crippen LogP) is 3.93. The zero-order valence-electron chi connectivity index (χ0n) is 22.3. The molecule has 4 fully saturated rings. The fraction of sp³-hybridized carbons (Fsp3) is 0.419. The van der Waals surface area contributed by atoms with Crippen molar-refractivity contribution in [2.45, 2.75) is 62.4 Å². The summed E-state index contributed by atoms with van der Waals surface area (Å²) in [5.74, 6) is 3.61. The summed E-state index contributed by atoms with van der Waals surface area (Å²) in [6.07, 6.45) is 13.1. The van der Waals surface area contributed by atoms with E-state index in [1.54, 1.807) is 24.4 Å². The van der Waals surface area contributed by atoms with E-state index in [9.17, 15) is 9.50 Å². The number of anilines is 1. The maximum atomic E-state index is 14.9. The summed E-state index contributed by atoms with van der Waals surface area (Å²) in [5, 5.41) is 20.2. The largest absolute Gasteiger partial charge is 0.508 e. The molecule has 2 N–H and O–H groups in total. The predicted molar refractivity (Wildman–Crippen MR) is 151 cm³/mol. The number of piperidine rings is 1. The molecule has 0 spiro atoms. The van der Waals surface area contributed by atoms with Crippen LogP contribution in [0, 0.1) is 18.2 Å². The monoisotopic (exact) mass is 538 g/mol. The van der Waals surface area contributed by atoms with Crippen LogP contribution in [0.3, 0.4) is 0 Å². The van der Waals surface area contributed by atoms with Crippen molar-refractivity contribution in [3.05, 3.63) is 47.9 Å². The quantitative estimate of drug-likeness (QED) is 0.381. The highest BCUT2D eigenvalue weighted by molar-refractivity contribution is 6.04. The highest BCUT2D eigenvalue weighted by Crippen LogP contribution is 2.41. The van der Waals surface area contributed by atoms with Crippen molar-refractivity contribution in [2.75, 3.05) is 25.0 Å². The Balaban J connectivity index is 1.30. The molecule has 40 heavy (non-hydrogen) atoms. The van der Waals surface area contributed by atoms with Crippen LogP contribution in [0.1, 0.15) is 37.7 Å². The molecule has 204 valence electrons. The fourth-order valence-electron chi connectivity index (χ4n) is 7.63. The van der Waals surface area contributed by atoms with Crippen molar-refractivity contribution in [1.29, 1.82) is 0 Å². The fourth-order valence-corrected chi connectivity index (χ4v) is 7.63. The average molecular weight is 539 g/mol. The van der Waals surface area contributed by atoms with Crippen LogP contribution >= 0.6 is 0 Å². The van der Waals surface area contributed by atoms with Crippen LogP contribution in [-0.2, 0) is 0 Å². The first kappa shape index (κ1) is 24.0. The van der Waals surface area contributed by atoms with Crippen molar-refractivity contribution in [1.82, 2.24) is 24.8 Å². The molecule has 9 heteroatoms. The van der Waals surface area contributed by atoms with Gasteiger partial charge in [0.05, 0.1) is 11.8 Å². The topological polar surface area (TPSA) is 78.2 Å². The van der Waals surface area contributed by atoms with E-state index in [0.29, 0.717) is 57.6 Å². The number of phenolic OH excluding ortho intramolecular Hbond substituents is 1. The molecule has 4 unspecified atom stereocenters. The standard InChI is InChI=1S/C31H31FN6O2/c1-3-24-27(32)7-4-17-8-22(39)12-25(30(17)24)26-15-34-38-29(37-16-18-9-21(37)14-33-18)13-28(35-31(26)38)40-23-10-19-5-6-20(11-23)36(19)2/h1,4,7-8,12-13,15,18-21,23,33,39H,5-6,9-11,14,16H2,2H3. The number of ether oxygens (including phenoxy) is 1. The summed E-state index contributed by atoms with van der Waals surface area (Å²) in [5.41, 5.74) is 2.01. The van der Waals surface area contributed by atoms with Crippen LogP contribution in [0.5, 0.6) is 11.6 Å². The molecule has 0 saturated carbocycles. The minimum Gasteiger partial charge on any atom is -0.508 e. The highest BCUT2D eigenvalue weighted by atomic mass is 19.1. The Bertz CT molecular complexity index is 1700. The second-order valence-electron chi connectivity index (χ2n) is 11.8. The van der Waals surface area contributed by atoms with E-state index in [1.807, 2.05) is 10.6 Å². The lowest BCUT2D eigenvalue weighted by molar-refractivity contribution is 0.0634. The summed E-state index contributed by atoms with van der Waals surface area (Å²) in [7, 11) is 2.23. The second kappa shape index (κ2) is 8.82. The Morgan fingerprint density at radius 3 is 2.65 bits per heavy atom. The molecule has 4 aliphatic heterocycles. The van der Waals surface area contributed by atoms with Gasteiger partial charge in [0.25, 0.3) is 0 Å². The molecule has 6 heterocycles. The van der Waals surface area contributed by atoms with Crippen LogP contribution in [0.2, 0.25) is 0 Å². The third-order valence-corrected chi connectivity index (χ3v) is 9.61. The van der Waals surface area contributed by atoms with Crippen molar-refractivity contribution >= 4 is 22.2 Å². The molecule has 4 aliphatic rings. The van der Waals surface area contributed by atoms with Gasteiger partial charge in [-0.1, -0.05) is 12.0 Å². The van der Waals surface area contributed by atoms with Gasteiger partial charge in [0.15, 0.2) is 5.65 Å². The minimum absolute atomic E-state index is 0.0637. The molecule has 0 aliphatic carbocycles. The normalized spacial score (nSPS) is 27.6. The van der Waals surface area contributed by atoms with Gasteiger partial charge < -0.3 is 25.0 Å². The van der Waals surface area contributed by atoms with Crippen molar-refractivity contribution in [3.8, 4) is 35.1 Å². The molecule has 0 amide bonds. The van der Waals surface area contributed by atoms with E-state index in [0.717, 1.165) is 38.2 Å². The van der Waals surface area contributed by atoms with E-state index in [2.05, 4.69) is 28.1 Å². The van der Waals surface area contributed by atoms with Crippen molar-refractivity contribution < 1.29 is 14.2 Å². The molecule has 2 aromatic heterocycles. The first-order valence-corrected chi connectivity index (χ1v) is 14.2. The lowest BCUT2D eigenvalue weighted by atomic mass is 9.95. The number of fused-ring (bicyclic) bond motifs is 6. The number of benzene rings is 2. The Labute approximate surface area is 231 Å². The Hall–Kier alpha value is -3.87. The van der Waals surface area contributed by atoms with E-state index >= 15 is 0 Å². The van der Waals surface area contributed by atoms with Gasteiger partial charge in [-0.3, -0.25) is 0 Å². The van der Waals surface area contributed by atoms with Crippen molar-refractivity contribution in [2.24, 2.45) is 0 Å². The van der Waals surface area contributed by atoms with E-state index in [4.69, 9.17) is 21.2 Å². The van der Waals surface area contributed by atoms with E-state index < -0.39 is 5.82 Å². The number of aromatic hydroxyl groups is 1. The number of hydrogen-bond donors (Lipinski definition) is 2. The van der Waals surface area contributed by atoms with Gasteiger partial charge in [0.1, 0.15) is 23.5 Å². The minimum atomic E-state index is -0.478. The van der Waals surface area contributed by atoms with Gasteiger partial charge in [0, 0.05) is 54.3 Å². The van der Waals surface area contributed by atoms with Gasteiger partial charge in [-0.15, -0.1) is 6.42 Å². The van der Waals surface area contributed by atoms with Gasteiger partial charge in [0.2, 0.25) is 5.88 Å². The van der Waals surface area contributed by atoms with Crippen molar-refractivity contribution in [3.63, 3.8) is 0 Å². The molecule has 4 atom stereocenters. The lowest BCUT2D eigenvalue weighted by Gasteiger charge is -2.36. The first-order valence-electron chi connectivity index (χ1n) is 14.2. The average Bonchev–Trinajstić information content (AvgIpc) is 3.72. The number of aromatic nitrogens is 3. The number of nitrogens with zero attached hydrogens (tertiary/aromatic N) is 5. The van der Waals surface area contributed by atoms with Crippen LogP contribution < -0.4 is 15.0 Å². The SMILES string of the molecule is C#Cc1c(F)ccc2cc(O)cc(-c3cnn4c(N5CC6CC5CN6)cc(OC5CC6CCC(C5)N6C)nc34)c12. The number of halogens is 1. The maximum absolute atomic E-state index is 14.9. The Morgan fingerprint density at radius 2 is 1.93 bits per heavy atom. The van der Waals surface area contributed by atoms with Crippen LogP contribution in [0.25, 0.3) is 27.5 Å². The summed E-state index contributed by atoms with van der Waals surface area (Å²) < 4.78 is 23.4.